The van der Waals surface area contributed by atoms with E-state index in [9.17, 15) is 0 Å². The summed E-state index contributed by atoms with van der Waals surface area (Å²) in [5, 5.41) is 1.29. The number of hydrogen-bond acceptors (Lipinski definition) is 2. The molecule has 0 spiro atoms. The van der Waals surface area contributed by atoms with Crippen LogP contribution in [-0.2, 0) is 11.2 Å². The second kappa shape index (κ2) is 5.55. The summed E-state index contributed by atoms with van der Waals surface area (Å²) in [7, 11) is 3.88. The average Bonchev–Trinajstić information content (AvgIpc) is 2.78. The second-order valence-electron chi connectivity index (χ2n) is 5.01. The summed E-state index contributed by atoms with van der Waals surface area (Å²) in [5.74, 6) is 0. The van der Waals surface area contributed by atoms with E-state index in [2.05, 4.69) is 61.2 Å². The molecule has 0 aliphatic rings. The van der Waals surface area contributed by atoms with Crippen LogP contribution in [0.15, 0.2) is 30.5 Å². The lowest BCUT2D eigenvalue weighted by atomic mass is 10.1. The number of likely N-dealkylation sites (N-methyl/N-ethyl adjacent to an activating group) is 1. The van der Waals surface area contributed by atoms with Crippen LogP contribution in [0.5, 0.6) is 0 Å². The van der Waals surface area contributed by atoms with Crippen LogP contribution in [0.3, 0.4) is 0 Å². The van der Waals surface area contributed by atoms with Crippen molar-refractivity contribution in [3.05, 3.63) is 36.0 Å². The van der Waals surface area contributed by atoms with E-state index in [1.54, 1.807) is 7.11 Å². The molecule has 0 bridgehead atoms. The topological polar surface area (TPSA) is 28.3 Å². The average molecular weight is 246 g/mol. The first-order chi connectivity index (χ1) is 8.63. The molecule has 18 heavy (non-hydrogen) atoms. The monoisotopic (exact) mass is 246 g/mol. The number of nitrogens with one attached hydrogen (secondary N) is 1. The van der Waals surface area contributed by atoms with Crippen LogP contribution in [0, 0.1) is 0 Å². The molecule has 0 amide bonds. The minimum Gasteiger partial charge on any atom is -0.366 e. The van der Waals surface area contributed by atoms with Crippen LogP contribution in [0.2, 0.25) is 0 Å². The van der Waals surface area contributed by atoms with E-state index < -0.39 is 0 Å². The van der Waals surface area contributed by atoms with Gasteiger partial charge in [0.25, 0.3) is 0 Å². The molecular weight excluding hydrogens is 224 g/mol. The summed E-state index contributed by atoms with van der Waals surface area (Å²) in [5.41, 5.74) is 2.50. The number of rotatable bonds is 5. The predicted molar refractivity (Wildman–Crippen MR) is 75.7 cm³/mol. The highest BCUT2D eigenvalue weighted by atomic mass is 16.5. The Hall–Kier alpha value is -1.32. The van der Waals surface area contributed by atoms with Gasteiger partial charge in [0.05, 0.1) is 0 Å². The molecule has 1 atom stereocenters. The Morgan fingerprint density at radius 1 is 1.28 bits per heavy atom. The van der Waals surface area contributed by atoms with Crippen molar-refractivity contribution in [1.29, 1.82) is 0 Å². The summed E-state index contributed by atoms with van der Waals surface area (Å²) >= 11 is 0. The molecule has 1 unspecified atom stereocenters. The van der Waals surface area contributed by atoms with Crippen LogP contribution in [0.1, 0.15) is 19.4 Å². The number of nitrogens with zero attached hydrogens (tertiary/aromatic N) is 1. The molecule has 98 valence electrons. The van der Waals surface area contributed by atoms with Gasteiger partial charge in [-0.2, -0.15) is 0 Å². The van der Waals surface area contributed by atoms with Crippen molar-refractivity contribution >= 4 is 10.9 Å². The molecule has 1 aromatic carbocycles. The number of benzene rings is 1. The molecule has 1 aromatic heterocycles. The van der Waals surface area contributed by atoms with Gasteiger partial charge in [0.1, 0.15) is 6.23 Å². The number of aromatic nitrogens is 1. The van der Waals surface area contributed by atoms with Crippen molar-refractivity contribution in [3.8, 4) is 0 Å². The summed E-state index contributed by atoms with van der Waals surface area (Å²) < 4.78 is 5.61. The number of methoxy groups -OCH3 is 1. The van der Waals surface area contributed by atoms with Gasteiger partial charge >= 0.3 is 0 Å². The highest BCUT2D eigenvalue weighted by Crippen LogP contribution is 2.20. The fourth-order valence-electron chi connectivity index (χ4n) is 2.21. The Kier molecular flexibility index (Phi) is 4.04. The third kappa shape index (κ3) is 2.57. The molecule has 2 rings (SSSR count). The van der Waals surface area contributed by atoms with Crippen LogP contribution in [-0.4, -0.2) is 36.3 Å². The number of aromatic amines is 1. The van der Waals surface area contributed by atoms with E-state index >= 15 is 0 Å². The molecule has 0 fully saturated rings. The zero-order chi connectivity index (χ0) is 13.1. The summed E-state index contributed by atoms with van der Waals surface area (Å²) in [6.45, 7) is 4.36. The third-order valence-corrected chi connectivity index (χ3v) is 3.61. The van der Waals surface area contributed by atoms with E-state index in [4.69, 9.17) is 4.74 Å². The SMILES string of the molecule is COC(Cc1c[nH]c2ccccc12)N(C)C(C)C. The lowest BCUT2D eigenvalue weighted by molar-refractivity contribution is -0.0320. The largest absolute Gasteiger partial charge is 0.366 e. The van der Waals surface area contributed by atoms with Crippen molar-refractivity contribution < 1.29 is 4.74 Å². The lowest BCUT2D eigenvalue weighted by Crippen LogP contribution is -2.39. The number of hydrogen-bond donors (Lipinski definition) is 1. The Morgan fingerprint density at radius 3 is 2.67 bits per heavy atom. The molecule has 1 heterocycles. The van der Waals surface area contributed by atoms with Crippen molar-refractivity contribution in [2.75, 3.05) is 14.2 Å². The minimum absolute atomic E-state index is 0.115. The van der Waals surface area contributed by atoms with E-state index in [1.807, 2.05) is 0 Å². The van der Waals surface area contributed by atoms with Crippen molar-refractivity contribution in [3.63, 3.8) is 0 Å². The van der Waals surface area contributed by atoms with Crippen molar-refractivity contribution in [2.24, 2.45) is 0 Å². The van der Waals surface area contributed by atoms with Crippen molar-refractivity contribution in [2.45, 2.75) is 32.5 Å². The smallest absolute Gasteiger partial charge is 0.114 e. The van der Waals surface area contributed by atoms with E-state index in [1.165, 1.54) is 16.5 Å². The Morgan fingerprint density at radius 2 is 2.00 bits per heavy atom. The Bertz CT molecular complexity index is 504. The van der Waals surface area contributed by atoms with E-state index in [-0.39, 0.29) is 6.23 Å². The molecule has 0 saturated heterocycles. The number of H-pyrrole nitrogens is 1. The fraction of sp³-hybridized carbons (Fsp3) is 0.467. The van der Waals surface area contributed by atoms with Crippen LogP contribution < -0.4 is 0 Å². The van der Waals surface area contributed by atoms with Crippen LogP contribution in [0.25, 0.3) is 10.9 Å². The summed E-state index contributed by atoms with van der Waals surface area (Å²) in [4.78, 5) is 5.56. The maximum Gasteiger partial charge on any atom is 0.114 e. The summed E-state index contributed by atoms with van der Waals surface area (Å²) in [6, 6.07) is 8.86. The molecule has 0 aliphatic heterocycles. The van der Waals surface area contributed by atoms with Gasteiger partial charge in [0.2, 0.25) is 0 Å². The number of fused-ring (bicyclic) bond motifs is 1. The highest BCUT2D eigenvalue weighted by molar-refractivity contribution is 5.83. The van der Waals surface area contributed by atoms with Gasteiger partial charge in [-0.05, 0) is 32.5 Å². The van der Waals surface area contributed by atoms with Gasteiger partial charge in [-0.15, -0.1) is 0 Å². The molecular formula is C15H22N2O. The Balaban J connectivity index is 2.21. The zero-order valence-corrected chi connectivity index (χ0v) is 11.6. The standard InChI is InChI=1S/C15H22N2O/c1-11(2)17(3)15(18-4)9-12-10-16-14-8-6-5-7-13(12)14/h5-8,10-11,15-16H,9H2,1-4H3. The van der Waals surface area contributed by atoms with Gasteiger partial charge < -0.3 is 9.72 Å². The lowest BCUT2D eigenvalue weighted by Gasteiger charge is -2.30. The van der Waals surface area contributed by atoms with E-state index in [0.717, 1.165) is 6.42 Å². The molecule has 3 heteroatoms. The molecule has 3 nitrogen and oxygen atoms in total. The highest BCUT2D eigenvalue weighted by Gasteiger charge is 2.18. The zero-order valence-electron chi connectivity index (χ0n) is 11.6. The van der Waals surface area contributed by atoms with Gasteiger partial charge in [-0.1, -0.05) is 18.2 Å². The maximum atomic E-state index is 5.61. The Labute approximate surface area is 109 Å². The predicted octanol–water partition coefficient (Wildman–Crippen LogP) is 3.02. The summed E-state index contributed by atoms with van der Waals surface area (Å²) in [6.07, 6.45) is 3.10. The molecule has 0 saturated carbocycles. The first kappa shape index (κ1) is 13.1. The number of ether oxygens (including phenoxy) is 1. The third-order valence-electron chi connectivity index (χ3n) is 3.61. The normalized spacial score (nSPS) is 13.7. The van der Waals surface area contributed by atoms with Crippen LogP contribution in [0.4, 0.5) is 0 Å². The quantitative estimate of drug-likeness (QED) is 0.821. The second-order valence-corrected chi connectivity index (χ2v) is 5.01. The maximum absolute atomic E-state index is 5.61. The van der Waals surface area contributed by atoms with Gasteiger partial charge in [0.15, 0.2) is 0 Å². The molecule has 1 N–H and O–H groups in total. The first-order valence-electron chi connectivity index (χ1n) is 6.43. The first-order valence-corrected chi connectivity index (χ1v) is 6.43. The minimum atomic E-state index is 0.115. The fourth-order valence-corrected chi connectivity index (χ4v) is 2.21. The molecule has 0 aliphatic carbocycles. The van der Waals surface area contributed by atoms with E-state index in [0.29, 0.717) is 6.04 Å². The number of para-hydroxylation sites is 1. The molecule has 0 radical (unpaired) electrons. The van der Waals surface area contributed by atoms with Crippen LogP contribution >= 0.6 is 0 Å². The van der Waals surface area contributed by atoms with Gasteiger partial charge in [-0.3, -0.25) is 4.90 Å². The van der Waals surface area contributed by atoms with Gasteiger partial charge in [0, 0.05) is 36.7 Å². The van der Waals surface area contributed by atoms with Crippen molar-refractivity contribution in [1.82, 2.24) is 9.88 Å². The van der Waals surface area contributed by atoms with Gasteiger partial charge in [-0.25, -0.2) is 0 Å². The molecule has 2 aromatic rings.